The van der Waals surface area contributed by atoms with Crippen molar-refractivity contribution >= 4 is 23.4 Å². The predicted octanol–water partition coefficient (Wildman–Crippen LogP) is 0.376. The molecule has 2 aliphatic heterocycles. The summed E-state index contributed by atoms with van der Waals surface area (Å²) in [6.45, 7) is 1.52. The summed E-state index contributed by atoms with van der Waals surface area (Å²) in [5.41, 5.74) is 2.94. The van der Waals surface area contributed by atoms with Gasteiger partial charge >= 0.3 is 0 Å². The molecule has 0 aliphatic carbocycles. The van der Waals surface area contributed by atoms with E-state index in [4.69, 9.17) is 0 Å². The minimum absolute atomic E-state index is 0.197. The van der Waals surface area contributed by atoms with Crippen LogP contribution < -0.4 is 5.43 Å². The smallest absolute Gasteiger partial charge is 0.270 e. The van der Waals surface area contributed by atoms with Crippen molar-refractivity contribution in [3.8, 4) is 0 Å². The second-order valence-corrected chi connectivity index (χ2v) is 5.69. The van der Waals surface area contributed by atoms with Gasteiger partial charge in [-0.2, -0.15) is 5.10 Å². The molecule has 0 bridgehead atoms. The Balaban J connectivity index is 1.58. The topological polar surface area (TPSA) is 82.1 Å². The first-order valence-corrected chi connectivity index (χ1v) is 7.74. The molecule has 2 aliphatic rings. The quantitative estimate of drug-likeness (QED) is 0.850. The second kappa shape index (κ2) is 6.77. The molecule has 0 aromatic heterocycles. The molecule has 0 spiro atoms. The van der Waals surface area contributed by atoms with Crippen LogP contribution in [0.5, 0.6) is 0 Å². The van der Waals surface area contributed by atoms with Crippen LogP contribution in [0.25, 0.3) is 0 Å². The molecule has 1 saturated heterocycles. The average molecular weight is 332 g/mol. The highest BCUT2D eigenvalue weighted by Crippen LogP contribution is 2.12. The Morgan fingerprint density at radius 1 is 1.04 bits per heavy atom. The average Bonchev–Trinajstić information content (AvgIpc) is 2.61. The summed E-state index contributed by atoms with van der Waals surface area (Å²) >= 11 is 0. The van der Waals surface area contributed by atoms with Crippen LogP contribution in [0.15, 0.2) is 29.4 Å². The summed E-state index contributed by atoms with van der Waals surface area (Å²) in [4.78, 5) is 39.0. The number of hydrogen-bond acceptors (Lipinski definition) is 4. The zero-order valence-corrected chi connectivity index (χ0v) is 13.0. The minimum atomic E-state index is -0.452. The molecule has 8 heteroatoms. The number of amides is 3. The first kappa shape index (κ1) is 16.1. The largest absolute Gasteiger partial charge is 0.335 e. The van der Waals surface area contributed by atoms with Crippen molar-refractivity contribution in [1.82, 2.24) is 15.2 Å². The molecule has 7 nitrogen and oxygen atoms in total. The van der Waals surface area contributed by atoms with Gasteiger partial charge in [0.05, 0.1) is 0 Å². The van der Waals surface area contributed by atoms with Gasteiger partial charge in [0.15, 0.2) is 0 Å². The maximum atomic E-state index is 13.2. The van der Waals surface area contributed by atoms with Crippen molar-refractivity contribution in [2.75, 3.05) is 26.2 Å². The maximum absolute atomic E-state index is 13.2. The van der Waals surface area contributed by atoms with Crippen LogP contribution in [0.1, 0.15) is 23.2 Å². The molecule has 126 valence electrons. The molecule has 24 heavy (non-hydrogen) atoms. The standard InChI is InChI=1S/C16H17FN4O3/c17-12-3-1-2-11(10-12)15(23)20-6-8-21(9-7-20)16(24)13-4-5-14(22)19-18-13/h1-3,10H,4-9H2,(H,19,22). The number of nitrogens with one attached hydrogen (secondary N) is 1. The summed E-state index contributed by atoms with van der Waals surface area (Å²) in [6, 6.07) is 5.57. The number of carbonyl (C=O) groups excluding carboxylic acids is 3. The van der Waals surface area contributed by atoms with Gasteiger partial charge < -0.3 is 9.80 Å². The van der Waals surface area contributed by atoms with Crippen LogP contribution in [0.2, 0.25) is 0 Å². The molecule has 0 radical (unpaired) electrons. The Kier molecular flexibility index (Phi) is 4.54. The van der Waals surface area contributed by atoms with Gasteiger partial charge in [-0.15, -0.1) is 0 Å². The number of hydrazone groups is 1. The summed E-state index contributed by atoms with van der Waals surface area (Å²) < 4.78 is 13.2. The highest BCUT2D eigenvalue weighted by Gasteiger charge is 2.28. The molecule has 1 aromatic carbocycles. The Morgan fingerprint density at radius 2 is 1.71 bits per heavy atom. The van der Waals surface area contributed by atoms with E-state index in [9.17, 15) is 18.8 Å². The van der Waals surface area contributed by atoms with E-state index in [2.05, 4.69) is 10.5 Å². The van der Waals surface area contributed by atoms with Crippen molar-refractivity contribution in [2.45, 2.75) is 12.8 Å². The lowest BCUT2D eigenvalue weighted by Gasteiger charge is -2.35. The summed E-state index contributed by atoms with van der Waals surface area (Å²) in [5, 5.41) is 3.80. The van der Waals surface area contributed by atoms with Gasteiger partial charge in [0.25, 0.3) is 11.8 Å². The third kappa shape index (κ3) is 3.42. The van der Waals surface area contributed by atoms with Crippen molar-refractivity contribution in [1.29, 1.82) is 0 Å². The van der Waals surface area contributed by atoms with E-state index in [0.717, 1.165) is 0 Å². The molecule has 1 fully saturated rings. The van der Waals surface area contributed by atoms with Gasteiger partial charge in [-0.3, -0.25) is 14.4 Å². The summed E-state index contributed by atoms with van der Waals surface area (Å²) in [6.07, 6.45) is 0.579. The SMILES string of the molecule is O=C1CCC(C(=O)N2CCN(C(=O)c3cccc(F)c3)CC2)=NN1. The van der Waals surface area contributed by atoms with Crippen molar-refractivity contribution in [2.24, 2.45) is 5.10 Å². The first-order valence-electron chi connectivity index (χ1n) is 7.74. The summed E-state index contributed by atoms with van der Waals surface area (Å²) in [5.74, 6) is -1.11. The molecular weight excluding hydrogens is 315 g/mol. The van der Waals surface area contributed by atoms with E-state index in [1.54, 1.807) is 15.9 Å². The lowest BCUT2D eigenvalue weighted by atomic mass is 10.1. The van der Waals surface area contributed by atoms with Crippen molar-refractivity contribution in [3.63, 3.8) is 0 Å². The van der Waals surface area contributed by atoms with E-state index in [-0.39, 0.29) is 24.1 Å². The zero-order chi connectivity index (χ0) is 17.1. The van der Waals surface area contributed by atoms with Crippen molar-refractivity contribution < 1.29 is 18.8 Å². The van der Waals surface area contributed by atoms with Gasteiger partial charge in [0.1, 0.15) is 11.5 Å². The van der Waals surface area contributed by atoms with Crippen LogP contribution in [0, 0.1) is 5.82 Å². The van der Waals surface area contributed by atoms with E-state index in [0.29, 0.717) is 43.9 Å². The fraction of sp³-hybridized carbons (Fsp3) is 0.375. The third-order valence-corrected chi connectivity index (χ3v) is 4.08. The summed E-state index contributed by atoms with van der Waals surface area (Å²) in [7, 11) is 0. The molecule has 0 atom stereocenters. The van der Waals surface area contributed by atoms with Crippen LogP contribution >= 0.6 is 0 Å². The van der Waals surface area contributed by atoms with Gasteiger partial charge in [0.2, 0.25) is 5.91 Å². The Morgan fingerprint density at radius 3 is 2.29 bits per heavy atom. The highest BCUT2D eigenvalue weighted by molar-refractivity contribution is 6.39. The minimum Gasteiger partial charge on any atom is -0.335 e. The normalized spacial score (nSPS) is 18.0. The highest BCUT2D eigenvalue weighted by atomic mass is 19.1. The number of piperazine rings is 1. The van der Waals surface area contributed by atoms with E-state index in [1.165, 1.54) is 18.2 Å². The Hall–Kier alpha value is -2.77. The fourth-order valence-corrected chi connectivity index (χ4v) is 2.73. The van der Waals surface area contributed by atoms with Crippen LogP contribution in [-0.4, -0.2) is 59.4 Å². The lowest BCUT2D eigenvalue weighted by molar-refractivity contribution is -0.126. The number of rotatable bonds is 2. The number of carbonyl (C=O) groups is 3. The van der Waals surface area contributed by atoms with E-state index in [1.807, 2.05) is 0 Å². The second-order valence-electron chi connectivity index (χ2n) is 5.69. The maximum Gasteiger partial charge on any atom is 0.270 e. The zero-order valence-electron chi connectivity index (χ0n) is 13.0. The van der Waals surface area contributed by atoms with Gasteiger partial charge in [-0.25, -0.2) is 9.82 Å². The molecule has 0 unspecified atom stereocenters. The van der Waals surface area contributed by atoms with Crippen LogP contribution in [0.4, 0.5) is 4.39 Å². The third-order valence-electron chi connectivity index (χ3n) is 4.08. The van der Waals surface area contributed by atoms with E-state index >= 15 is 0 Å². The van der Waals surface area contributed by atoms with E-state index < -0.39 is 5.82 Å². The monoisotopic (exact) mass is 332 g/mol. The number of halogens is 1. The number of nitrogens with zero attached hydrogens (tertiary/aromatic N) is 3. The van der Waals surface area contributed by atoms with Gasteiger partial charge in [-0.1, -0.05) is 6.07 Å². The lowest BCUT2D eigenvalue weighted by Crippen LogP contribution is -2.52. The van der Waals surface area contributed by atoms with Gasteiger partial charge in [-0.05, 0) is 18.2 Å². The molecule has 3 amide bonds. The van der Waals surface area contributed by atoms with Crippen molar-refractivity contribution in [3.05, 3.63) is 35.6 Å². The molecule has 3 rings (SSSR count). The fourth-order valence-electron chi connectivity index (χ4n) is 2.73. The number of benzene rings is 1. The first-order chi connectivity index (χ1) is 11.5. The van der Waals surface area contributed by atoms with Crippen LogP contribution in [-0.2, 0) is 9.59 Å². The molecule has 2 heterocycles. The predicted molar refractivity (Wildman–Crippen MR) is 83.7 cm³/mol. The molecule has 0 saturated carbocycles. The Bertz CT molecular complexity index is 711. The number of hydrogen-bond donors (Lipinski definition) is 1. The molecule has 1 aromatic rings. The molecule has 1 N–H and O–H groups in total. The molecular formula is C16H17FN4O3. The van der Waals surface area contributed by atoms with Crippen LogP contribution in [0.3, 0.4) is 0 Å². The van der Waals surface area contributed by atoms with Gasteiger partial charge in [0, 0.05) is 44.6 Å². The Labute approximate surface area is 138 Å².